The first-order valence-electron chi connectivity index (χ1n) is 8.31. The first-order chi connectivity index (χ1) is 11.2. The van der Waals surface area contributed by atoms with Gasteiger partial charge in [0.25, 0.3) is 0 Å². The minimum Gasteiger partial charge on any atom is -0.335 e. The number of hydrogen-bond acceptors (Lipinski definition) is 2. The highest BCUT2D eigenvalue weighted by atomic mass is 79.9. The maximum atomic E-state index is 13.0. The van der Waals surface area contributed by atoms with E-state index in [0.29, 0.717) is 11.8 Å². The van der Waals surface area contributed by atoms with Crippen LogP contribution in [0.15, 0.2) is 40.2 Å². The molecule has 0 radical (unpaired) electrons. The zero-order valence-electron chi connectivity index (χ0n) is 13.2. The molecular formula is C19H20BrNOS. The van der Waals surface area contributed by atoms with Gasteiger partial charge in [-0.05, 0) is 59.9 Å². The van der Waals surface area contributed by atoms with Crippen molar-refractivity contribution in [2.45, 2.75) is 38.1 Å². The van der Waals surface area contributed by atoms with E-state index in [4.69, 9.17) is 0 Å². The number of nitrogens with zero attached hydrogens (tertiary/aromatic N) is 1. The molecule has 1 saturated carbocycles. The van der Waals surface area contributed by atoms with Gasteiger partial charge in [-0.1, -0.05) is 35.0 Å². The third-order valence-electron chi connectivity index (χ3n) is 5.17. The van der Waals surface area contributed by atoms with Crippen LogP contribution in [0.25, 0.3) is 0 Å². The van der Waals surface area contributed by atoms with Crippen LogP contribution in [-0.4, -0.2) is 17.4 Å². The summed E-state index contributed by atoms with van der Waals surface area (Å²) >= 11 is 5.31. The van der Waals surface area contributed by atoms with E-state index in [0.717, 1.165) is 30.3 Å². The van der Waals surface area contributed by atoms with E-state index in [2.05, 4.69) is 63.5 Å². The molecule has 120 valence electrons. The monoisotopic (exact) mass is 389 g/mol. The lowest BCUT2D eigenvalue weighted by molar-refractivity contribution is -0.135. The summed E-state index contributed by atoms with van der Waals surface area (Å²) in [5, 5.41) is 2.17. The molecule has 4 rings (SSSR count). The van der Waals surface area contributed by atoms with Gasteiger partial charge in [-0.2, -0.15) is 0 Å². The van der Waals surface area contributed by atoms with Crippen molar-refractivity contribution in [2.75, 3.05) is 6.54 Å². The molecule has 2 heterocycles. The average molecular weight is 390 g/mol. The molecule has 1 aromatic carbocycles. The molecule has 1 aromatic heterocycles. The van der Waals surface area contributed by atoms with Crippen molar-refractivity contribution in [3.63, 3.8) is 0 Å². The summed E-state index contributed by atoms with van der Waals surface area (Å²) in [5.74, 6) is 0.962. The third-order valence-corrected chi connectivity index (χ3v) is 6.70. The van der Waals surface area contributed by atoms with Crippen molar-refractivity contribution in [2.24, 2.45) is 5.92 Å². The summed E-state index contributed by atoms with van der Waals surface area (Å²) in [6.07, 6.45) is 3.03. The number of hydrogen-bond donors (Lipinski definition) is 0. The molecule has 0 N–H and O–H groups in total. The zero-order chi connectivity index (χ0) is 16.0. The quantitative estimate of drug-likeness (QED) is 0.710. The second-order valence-electron chi connectivity index (χ2n) is 6.51. The lowest BCUT2D eigenvalue weighted by Crippen LogP contribution is -2.40. The maximum Gasteiger partial charge on any atom is 0.226 e. The van der Waals surface area contributed by atoms with Crippen LogP contribution in [0.1, 0.15) is 47.7 Å². The van der Waals surface area contributed by atoms with Crippen LogP contribution in [0.5, 0.6) is 0 Å². The number of fused-ring (bicyclic) bond motifs is 1. The molecule has 2 nitrogen and oxygen atoms in total. The molecular weight excluding hydrogens is 370 g/mol. The number of benzene rings is 1. The molecule has 0 bridgehead atoms. The summed E-state index contributed by atoms with van der Waals surface area (Å²) in [6.45, 7) is 3.07. The fourth-order valence-corrected chi connectivity index (χ4v) is 5.05. The Morgan fingerprint density at radius 1 is 1.30 bits per heavy atom. The Morgan fingerprint density at radius 2 is 2.09 bits per heavy atom. The first kappa shape index (κ1) is 15.4. The number of carbonyl (C=O) groups excluding carboxylic acids is 1. The fraction of sp³-hybridized carbons (Fsp3) is 0.421. The molecule has 1 aliphatic heterocycles. The number of amides is 1. The Bertz CT molecular complexity index is 723. The molecule has 1 aliphatic carbocycles. The van der Waals surface area contributed by atoms with Crippen molar-refractivity contribution in [3.8, 4) is 0 Å². The topological polar surface area (TPSA) is 20.3 Å². The largest absolute Gasteiger partial charge is 0.335 e. The smallest absolute Gasteiger partial charge is 0.226 e. The molecule has 3 atom stereocenters. The number of rotatable bonds is 3. The van der Waals surface area contributed by atoms with Gasteiger partial charge in [-0.15, -0.1) is 11.3 Å². The Balaban J connectivity index is 1.51. The summed E-state index contributed by atoms with van der Waals surface area (Å²) in [5.41, 5.74) is 2.69. The van der Waals surface area contributed by atoms with E-state index < -0.39 is 0 Å². The van der Waals surface area contributed by atoms with Crippen molar-refractivity contribution in [1.29, 1.82) is 0 Å². The molecule has 2 aromatic rings. The van der Waals surface area contributed by atoms with E-state index in [1.165, 1.54) is 16.0 Å². The molecule has 2 aliphatic rings. The van der Waals surface area contributed by atoms with Crippen molar-refractivity contribution in [3.05, 3.63) is 56.2 Å². The second kappa shape index (κ2) is 6.06. The number of thiophene rings is 1. The lowest BCUT2D eigenvalue weighted by Gasteiger charge is -2.35. The molecule has 1 amide bonds. The maximum absolute atomic E-state index is 13.0. The van der Waals surface area contributed by atoms with Crippen molar-refractivity contribution in [1.82, 2.24) is 4.90 Å². The summed E-state index contributed by atoms with van der Waals surface area (Å²) in [7, 11) is 0. The Labute approximate surface area is 149 Å². The predicted octanol–water partition coefficient (Wildman–Crippen LogP) is 5.15. The predicted molar refractivity (Wildman–Crippen MR) is 97.8 cm³/mol. The van der Waals surface area contributed by atoms with E-state index in [1.54, 1.807) is 0 Å². The van der Waals surface area contributed by atoms with Crippen molar-refractivity contribution >= 4 is 33.2 Å². The Morgan fingerprint density at radius 3 is 2.83 bits per heavy atom. The fourth-order valence-electron chi connectivity index (χ4n) is 3.86. The average Bonchev–Trinajstić information content (AvgIpc) is 3.22. The zero-order valence-corrected chi connectivity index (χ0v) is 15.6. The Kier molecular flexibility index (Phi) is 4.06. The van der Waals surface area contributed by atoms with Gasteiger partial charge in [0, 0.05) is 21.8 Å². The van der Waals surface area contributed by atoms with Crippen LogP contribution < -0.4 is 0 Å². The van der Waals surface area contributed by atoms with Gasteiger partial charge in [0.05, 0.1) is 6.04 Å². The van der Waals surface area contributed by atoms with E-state index in [-0.39, 0.29) is 12.0 Å². The number of carbonyl (C=O) groups is 1. The van der Waals surface area contributed by atoms with Gasteiger partial charge in [0.15, 0.2) is 0 Å². The van der Waals surface area contributed by atoms with Crippen LogP contribution >= 0.6 is 27.3 Å². The van der Waals surface area contributed by atoms with E-state index in [1.807, 2.05) is 11.3 Å². The van der Waals surface area contributed by atoms with Crippen LogP contribution in [0.4, 0.5) is 0 Å². The molecule has 23 heavy (non-hydrogen) atoms. The SMILES string of the molecule is CCC1c2ccsc2CCN1C(=O)C1CC1c1ccc(Br)cc1. The van der Waals surface area contributed by atoms with Crippen molar-refractivity contribution < 1.29 is 4.79 Å². The molecule has 0 spiro atoms. The van der Waals surface area contributed by atoms with Crippen LogP contribution in [0.3, 0.4) is 0 Å². The standard InChI is InChI=1S/C19H20BrNOS/c1-2-17-14-8-10-23-18(14)7-9-21(17)19(22)16-11-15(16)12-3-5-13(20)6-4-12/h3-6,8,10,15-17H,2,7,9,11H2,1H3. The minimum atomic E-state index is 0.186. The van der Waals surface area contributed by atoms with Gasteiger partial charge in [0.1, 0.15) is 0 Å². The van der Waals surface area contributed by atoms with E-state index >= 15 is 0 Å². The second-order valence-corrected chi connectivity index (χ2v) is 8.42. The normalized spacial score (nSPS) is 26.0. The van der Waals surface area contributed by atoms with Crippen LogP contribution in [0.2, 0.25) is 0 Å². The Hall–Kier alpha value is -1.13. The molecule has 1 fully saturated rings. The van der Waals surface area contributed by atoms with Crippen LogP contribution in [0, 0.1) is 5.92 Å². The van der Waals surface area contributed by atoms with E-state index in [9.17, 15) is 4.79 Å². The summed E-state index contributed by atoms with van der Waals surface area (Å²) in [4.78, 5) is 16.7. The van der Waals surface area contributed by atoms with Gasteiger partial charge in [-0.3, -0.25) is 4.79 Å². The highest BCUT2D eigenvalue weighted by Crippen LogP contribution is 2.50. The summed E-state index contributed by atoms with van der Waals surface area (Å²) < 4.78 is 1.09. The first-order valence-corrected chi connectivity index (χ1v) is 9.98. The lowest BCUT2D eigenvalue weighted by atomic mass is 9.97. The highest BCUT2D eigenvalue weighted by Gasteiger charge is 2.47. The minimum absolute atomic E-state index is 0.186. The number of halogens is 1. The van der Waals surface area contributed by atoms with Gasteiger partial charge in [0.2, 0.25) is 5.91 Å². The van der Waals surface area contributed by atoms with Gasteiger partial charge in [-0.25, -0.2) is 0 Å². The van der Waals surface area contributed by atoms with Gasteiger partial charge >= 0.3 is 0 Å². The molecule has 0 saturated heterocycles. The van der Waals surface area contributed by atoms with Gasteiger partial charge < -0.3 is 4.90 Å². The molecule has 3 unspecified atom stereocenters. The van der Waals surface area contributed by atoms with Crippen LogP contribution in [-0.2, 0) is 11.2 Å². The summed E-state index contributed by atoms with van der Waals surface area (Å²) in [6, 6.07) is 10.9. The highest BCUT2D eigenvalue weighted by molar-refractivity contribution is 9.10. The molecule has 4 heteroatoms. The third kappa shape index (κ3) is 2.76.